The lowest BCUT2D eigenvalue weighted by molar-refractivity contribution is 0.576. The molecule has 180 valence electrons. The van der Waals surface area contributed by atoms with Gasteiger partial charge in [-0.2, -0.15) is 10.5 Å². The van der Waals surface area contributed by atoms with E-state index in [4.69, 9.17) is 20.8 Å². The van der Waals surface area contributed by atoms with Gasteiger partial charge in [-0.05, 0) is 54.1 Å². The number of sulfonamides is 1. The fourth-order valence-corrected chi connectivity index (χ4v) is 2.86. The standard InChI is InChI=1S/C10H11FN2O2S.C9H9FN2.CH3ClO2S/c1-7-8(5-6-12)3-4-9(10(7)11)13-16(2,14)15;1-6-7(4-5-11)2-3-8(12)9(6)10;1-5(2,3)4/h3-4,13H,5H2,1-2H3;2-3H,4,12H2,1H3;1H2,(H,3,4). The Morgan fingerprint density at radius 3 is 1.82 bits per heavy atom. The summed E-state index contributed by atoms with van der Waals surface area (Å²) < 4.78 is 67.8. The van der Waals surface area contributed by atoms with Crippen LogP contribution in [0.2, 0.25) is 0 Å². The zero-order chi connectivity index (χ0) is 26.0. The molecule has 4 N–H and O–H groups in total. The van der Waals surface area contributed by atoms with E-state index in [-0.39, 0.29) is 29.8 Å². The number of halogens is 3. The number of nitrogen functional groups attached to an aromatic ring is 1. The zero-order valence-electron chi connectivity index (χ0n) is 18.0. The molecule has 2 aromatic rings. The number of nitrogens with two attached hydrogens (primary N) is 1. The van der Waals surface area contributed by atoms with Gasteiger partial charge in [-0.15, -0.1) is 0 Å². The second-order valence-electron chi connectivity index (χ2n) is 6.57. The average molecular weight is 521 g/mol. The Hall–Kier alpha value is -2.90. The molecule has 0 saturated heterocycles. The van der Waals surface area contributed by atoms with Crippen LogP contribution in [0.3, 0.4) is 0 Å². The maximum atomic E-state index is 13.7. The summed E-state index contributed by atoms with van der Waals surface area (Å²) in [5.74, 6) is 1.56. The van der Waals surface area contributed by atoms with Crippen molar-refractivity contribution < 1.29 is 26.0 Å². The molecule has 0 aliphatic rings. The fraction of sp³-hybridized carbons (Fsp3) is 0.250. The molecule has 0 aromatic heterocycles. The van der Waals surface area contributed by atoms with E-state index in [9.17, 15) is 21.4 Å². The quantitative estimate of drug-likeness (QED) is 0.315. The topological polar surface area (TPSA) is 157 Å². The minimum Gasteiger partial charge on any atom is -0.396 e. The minimum absolute atomic E-state index is 0.0957. The van der Waals surface area contributed by atoms with Crippen LogP contribution in [0.1, 0.15) is 22.3 Å². The van der Waals surface area contributed by atoms with Crippen LogP contribution in [0.4, 0.5) is 20.2 Å². The number of anilines is 2. The molecule has 33 heavy (non-hydrogen) atoms. The molecule has 1 atom stereocenters. The maximum absolute atomic E-state index is 13.7. The van der Waals surface area contributed by atoms with Gasteiger partial charge in [-0.1, -0.05) is 12.1 Å². The van der Waals surface area contributed by atoms with E-state index in [1.165, 1.54) is 25.1 Å². The average Bonchev–Trinajstić information content (AvgIpc) is 2.67. The highest BCUT2D eigenvalue weighted by Crippen LogP contribution is 2.22. The van der Waals surface area contributed by atoms with Crippen molar-refractivity contribution in [1.82, 2.24) is 0 Å². The van der Waals surface area contributed by atoms with Gasteiger partial charge in [0, 0.05) is 10.7 Å². The fourth-order valence-electron chi connectivity index (χ4n) is 2.30. The molecule has 0 spiro atoms. The minimum atomic E-state index is -3.50. The summed E-state index contributed by atoms with van der Waals surface area (Å²) in [6.07, 6.45) is 1.27. The van der Waals surface area contributed by atoms with Gasteiger partial charge in [0.25, 0.3) is 0 Å². The summed E-state index contributed by atoms with van der Waals surface area (Å²) in [5.41, 5.74) is 7.37. The molecule has 8 nitrogen and oxygen atoms in total. The molecule has 0 aliphatic heterocycles. The van der Waals surface area contributed by atoms with E-state index in [0.717, 1.165) is 6.26 Å². The predicted molar refractivity (Wildman–Crippen MR) is 128 cm³/mol. The number of hydrogen-bond donors (Lipinski definition) is 3. The van der Waals surface area contributed by atoms with Gasteiger partial charge in [0.05, 0.1) is 42.6 Å². The highest BCUT2D eigenvalue weighted by atomic mass is 35.7. The smallest absolute Gasteiger partial charge is 0.229 e. The van der Waals surface area contributed by atoms with Crippen LogP contribution in [-0.4, -0.2) is 29.3 Å². The normalized spacial score (nSPS) is 11.9. The second kappa shape index (κ2) is 13.0. The molecule has 0 heterocycles. The summed E-state index contributed by atoms with van der Waals surface area (Å²) in [4.78, 5) is 0. The molecular formula is C20H23ClF2N4O4S2. The van der Waals surface area contributed by atoms with Crippen molar-refractivity contribution in [1.29, 1.82) is 10.5 Å². The first-order valence-electron chi connectivity index (χ1n) is 8.84. The van der Waals surface area contributed by atoms with E-state index >= 15 is 0 Å². The first-order chi connectivity index (χ1) is 15.0. The van der Waals surface area contributed by atoms with Gasteiger partial charge in [-0.3, -0.25) is 4.72 Å². The van der Waals surface area contributed by atoms with E-state index in [2.05, 4.69) is 21.3 Å². The molecule has 13 heteroatoms. The van der Waals surface area contributed by atoms with Crippen molar-refractivity contribution >= 4 is 47.0 Å². The molecule has 0 radical (unpaired) electrons. The summed E-state index contributed by atoms with van der Waals surface area (Å²) in [6, 6.07) is 9.89. The summed E-state index contributed by atoms with van der Waals surface area (Å²) in [5, 5.41) is 16.9. The number of hydrogen-bond acceptors (Lipinski definition) is 6. The van der Waals surface area contributed by atoms with Crippen molar-refractivity contribution in [3.8, 4) is 12.1 Å². The lowest BCUT2D eigenvalue weighted by Crippen LogP contribution is -2.11. The lowest BCUT2D eigenvalue weighted by Gasteiger charge is -2.09. The van der Waals surface area contributed by atoms with Gasteiger partial charge < -0.3 is 10.3 Å². The summed E-state index contributed by atoms with van der Waals surface area (Å²) in [7, 11) is -2.19. The van der Waals surface area contributed by atoms with Gasteiger partial charge in [0.1, 0.15) is 11.6 Å². The lowest BCUT2D eigenvalue weighted by atomic mass is 10.1. The Morgan fingerprint density at radius 1 is 1.03 bits per heavy atom. The van der Waals surface area contributed by atoms with Crippen molar-refractivity contribution in [2.45, 2.75) is 26.7 Å². The molecular weight excluding hydrogens is 498 g/mol. The van der Waals surface area contributed by atoms with Gasteiger partial charge >= 0.3 is 0 Å². The molecule has 2 rings (SSSR count). The maximum Gasteiger partial charge on any atom is 0.229 e. The van der Waals surface area contributed by atoms with Crippen molar-refractivity contribution in [3.05, 3.63) is 58.2 Å². The Labute approximate surface area is 197 Å². The van der Waals surface area contributed by atoms with Crippen molar-refractivity contribution in [2.24, 2.45) is 0 Å². The number of nitriles is 2. The van der Waals surface area contributed by atoms with Crippen LogP contribution < -0.4 is 10.5 Å². The van der Waals surface area contributed by atoms with E-state index < -0.39 is 30.7 Å². The summed E-state index contributed by atoms with van der Waals surface area (Å²) >= 11 is 0. The van der Waals surface area contributed by atoms with E-state index in [0.29, 0.717) is 16.7 Å². The van der Waals surface area contributed by atoms with Crippen LogP contribution >= 0.6 is 10.7 Å². The van der Waals surface area contributed by atoms with Crippen LogP contribution in [0.15, 0.2) is 24.3 Å². The first kappa shape index (κ1) is 30.1. The number of nitrogens with one attached hydrogen (secondary N) is 1. The van der Waals surface area contributed by atoms with E-state index in [1.54, 1.807) is 13.0 Å². The Morgan fingerprint density at radius 2 is 1.42 bits per heavy atom. The largest absolute Gasteiger partial charge is 0.396 e. The number of nitrogens with zero attached hydrogens (tertiary/aromatic N) is 2. The molecule has 0 bridgehead atoms. The van der Waals surface area contributed by atoms with Crippen LogP contribution in [-0.2, 0) is 31.9 Å². The SMILES string of the molecule is C=S(=O)(O)Cl.Cc1c(CC#N)ccc(N)c1F.Cc1c(CC#N)ccc(NS(C)(=O)=O)c1F. The van der Waals surface area contributed by atoms with Crippen LogP contribution in [0.25, 0.3) is 0 Å². The molecule has 0 aliphatic carbocycles. The molecule has 0 saturated carbocycles. The van der Waals surface area contributed by atoms with Crippen molar-refractivity contribution in [2.75, 3.05) is 16.7 Å². The first-order valence-corrected chi connectivity index (χ1v) is 13.2. The van der Waals surface area contributed by atoms with Crippen LogP contribution in [0.5, 0.6) is 0 Å². The van der Waals surface area contributed by atoms with Gasteiger partial charge in [-0.25, -0.2) is 21.4 Å². The molecule has 1 unspecified atom stereocenters. The Balaban J connectivity index is 0.000000530. The highest BCUT2D eigenvalue weighted by molar-refractivity contribution is 8.16. The summed E-state index contributed by atoms with van der Waals surface area (Å²) in [6.45, 7) is 3.13. The highest BCUT2D eigenvalue weighted by Gasteiger charge is 2.12. The van der Waals surface area contributed by atoms with Gasteiger partial charge in [0.15, 0.2) is 9.02 Å². The molecule has 0 amide bonds. The Bertz CT molecular complexity index is 1280. The third-order valence-electron chi connectivity index (χ3n) is 3.86. The van der Waals surface area contributed by atoms with Crippen molar-refractivity contribution in [3.63, 3.8) is 0 Å². The number of rotatable bonds is 4. The second-order valence-corrected chi connectivity index (χ2v) is 10.9. The molecule has 0 fully saturated rings. The monoisotopic (exact) mass is 520 g/mol. The van der Waals surface area contributed by atoms with Gasteiger partial charge in [0.2, 0.25) is 10.0 Å². The third kappa shape index (κ3) is 12.1. The molecule has 2 aromatic carbocycles. The van der Waals surface area contributed by atoms with E-state index in [1.807, 2.05) is 12.1 Å². The predicted octanol–water partition coefficient (Wildman–Crippen LogP) is 3.68. The number of benzene rings is 2. The third-order valence-corrected chi connectivity index (χ3v) is 4.45. The zero-order valence-corrected chi connectivity index (χ0v) is 20.4. The van der Waals surface area contributed by atoms with Crippen LogP contribution in [0, 0.1) is 48.1 Å². The Kier molecular flexibility index (Phi) is 11.8.